The van der Waals surface area contributed by atoms with E-state index in [2.05, 4.69) is 5.32 Å². The van der Waals surface area contributed by atoms with Crippen LogP contribution in [0.3, 0.4) is 0 Å². The van der Waals surface area contributed by atoms with E-state index >= 15 is 0 Å². The summed E-state index contributed by atoms with van der Waals surface area (Å²) in [6.45, 7) is 3.72. The fourth-order valence-electron chi connectivity index (χ4n) is 2.78. The smallest absolute Gasteiger partial charge is 0.336 e. The Hall–Kier alpha value is -2.87. The molecule has 0 spiro atoms. The maximum atomic E-state index is 13.1. The van der Waals surface area contributed by atoms with Crippen molar-refractivity contribution in [3.63, 3.8) is 0 Å². The number of nitrogens with one attached hydrogen (secondary N) is 1. The molecule has 1 aromatic carbocycles. The summed E-state index contributed by atoms with van der Waals surface area (Å²) in [6.07, 6.45) is 0.789. The first-order valence-electron chi connectivity index (χ1n) is 8.63. The Bertz CT molecular complexity index is 1100. The Labute approximate surface area is 159 Å². The highest BCUT2D eigenvalue weighted by Crippen LogP contribution is 2.18. The van der Waals surface area contributed by atoms with Crippen LogP contribution in [0, 0.1) is 0 Å². The summed E-state index contributed by atoms with van der Waals surface area (Å²) in [5.41, 5.74) is -0.0977. The molecule has 8 heteroatoms. The Morgan fingerprint density at radius 1 is 1.30 bits per heavy atom. The third-order valence-corrected chi connectivity index (χ3v) is 5.28. The number of fused-ring (bicyclic) bond motifs is 1. The number of carbonyl (C=O) groups excluding carboxylic acids is 1. The van der Waals surface area contributed by atoms with Crippen molar-refractivity contribution >= 4 is 27.5 Å². The van der Waals surface area contributed by atoms with Gasteiger partial charge in [0.05, 0.1) is 18.3 Å². The minimum atomic E-state index is -0.557. The van der Waals surface area contributed by atoms with Gasteiger partial charge < -0.3 is 10.1 Å². The monoisotopic (exact) mass is 387 g/mol. The molecule has 142 valence electrons. The average Bonchev–Trinajstić information content (AvgIpc) is 3.15. The van der Waals surface area contributed by atoms with Gasteiger partial charge in [-0.15, -0.1) is 11.3 Å². The van der Waals surface area contributed by atoms with Crippen molar-refractivity contribution in [2.75, 3.05) is 7.11 Å². The molecule has 0 saturated heterocycles. The molecule has 3 rings (SSSR count). The van der Waals surface area contributed by atoms with Crippen molar-refractivity contribution in [2.24, 2.45) is 0 Å². The van der Waals surface area contributed by atoms with Crippen LogP contribution >= 0.6 is 11.3 Å². The molecule has 1 atom stereocenters. The van der Waals surface area contributed by atoms with Crippen LogP contribution in [-0.4, -0.2) is 28.2 Å². The lowest BCUT2D eigenvalue weighted by Crippen LogP contribution is -2.42. The summed E-state index contributed by atoms with van der Waals surface area (Å²) in [6, 6.07) is 8.42. The van der Waals surface area contributed by atoms with Gasteiger partial charge in [-0.25, -0.2) is 9.36 Å². The first kappa shape index (κ1) is 18.9. The van der Waals surface area contributed by atoms with Crippen molar-refractivity contribution in [2.45, 2.75) is 32.9 Å². The van der Waals surface area contributed by atoms with E-state index < -0.39 is 11.2 Å². The van der Waals surface area contributed by atoms with Gasteiger partial charge in [0.2, 0.25) is 5.91 Å². The van der Waals surface area contributed by atoms with E-state index in [1.54, 1.807) is 35.7 Å². The third kappa shape index (κ3) is 3.66. The zero-order valence-corrected chi connectivity index (χ0v) is 16.2. The van der Waals surface area contributed by atoms with Gasteiger partial charge in [0.25, 0.3) is 5.56 Å². The lowest BCUT2D eigenvalue weighted by Gasteiger charge is -2.15. The molecule has 3 aromatic rings. The van der Waals surface area contributed by atoms with E-state index in [1.807, 2.05) is 13.8 Å². The molecule has 1 amide bonds. The number of thiophene rings is 1. The molecular formula is C19H21N3O4S. The predicted molar refractivity (Wildman–Crippen MR) is 106 cm³/mol. The standard InChI is InChI=1S/C19H21N3O4S/c1-4-12(2)20-16(23)11-21-15-8-9-27-17(15)18(24)22(19(21)25)13-6-5-7-14(10-13)26-3/h5-10,12H,4,11H2,1-3H3,(H,20,23). The van der Waals surface area contributed by atoms with Crippen molar-refractivity contribution in [1.29, 1.82) is 0 Å². The van der Waals surface area contributed by atoms with E-state index in [1.165, 1.54) is 23.0 Å². The molecule has 2 aromatic heterocycles. The van der Waals surface area contributed by atoms with Crippen molar-refractivity contribution in [3.05, 3.63) is 56.5 Å². The summed E-state index contributed by atoms with van der Waals surface area (Å²) in [5.74, 6) is 0.265. The zero-order valence-electron chi connectivity index (χ0n) is 15.4. The van der Waals surface area contributed by atoms with Gasteiger partial charge in [-0.1, -0.05) is 13.0 Å². The SMILES string of the molecule is CCC(C)NC(=O)Cn1c(=O)n(-c2cccc(OC)c2)c(=O)c2sccc21. The fourth-order valence-corrected chi connectivity index (χ4v) is 3.61. The highest BCUT2D eigenvalue weighted by Gasteiger charge is 2.18. The van der Waals surface area contributed by atoms with E-state index in [9.17, 15) is 14.4 Å². The van der Waals surface area contributed by atoms with Gasteiger partial charge in [0.1, 0.15) is 17.0 Å². The van der Waals surface area contributed by atoms with Gasteiger partial charge in [-0.05, 0) is 36.9 Å². The third-order valence-electron chi connectivity index (χ3n) is 4.39. The van der Waals surface area contributed by atoms with Gasteiger partial charge in [0, 0.05) is 12.1 Å². The molecule has 0 aliphatic rings. The molecule has 0 fully saturated rings. The van der Waals surface area contributed by atoms with Crippen LogP contribution < -0.4 is 21.3 Å². The summed E-state index contributed by atoms with van der Waals surface area (Å²) in [4.78, 5) is 38.4. The lowest BCUT2D eigenvalue weighted by atomic mass is 10.2. The Balaban J connectivity index is 2.17. The minimum Gasteiger partial charge on any atom is -0.497 e. The number of benzene rings is 1. The fraction of sp³-hybridized carbons (Fsp3) is 0.316. The van der Waals surface area contributed by atoms with Crippen LogP contribution in [0.2, 0.25) is 0 Å². The zero-order chi connectivity index (χ0) is 19.6. The van der Waals surface area contributed by atoms with Gasteiger partial charge in [-0.2, -0.15) is 0 Å². The normalized spacial score (nSPS) is 12.1. The molecule has 27 heavy (non-hydrogen) atoms. The highest BCUT2D eigenvalue weighted by atomic mass is 32.1. The second kappa shape index (κ2) is 7.79. The first-order valence-corrected chi connectivity index (χ1v) is 9.51. The number of hydrogen-bond acceptors (Lipinski definition) is 5. The molecule has 0 aliphatic carbocycles. The number of aromatic nitrogens is 2. The van der Waals surface area contributed by atoms with E-state index in [-0.39, 0.29) is 18.5 Å². The van der Waals surface area contributed by atoms with Gasteiger partial charge in [-0.3, -0.25) is 14.2 Å². The maximum Gasteiger partial charge on any atom is 0.336 e. The second-order valence-electron chi connectivity index (χ2n) is 6.22. The lowest BCUT2D eigenvalue weighted by molar-refractivity contribution is -0.122. The number of methoxy groups -OCH3 is 1. The number of amides is 1. The van der Waals surface area contributed by atoms with Crippen LogP contribution in [0.1, 0.15) is 20.3 Å². The second-order valence-corrected chi connectivity index (χ2v) is 7.14. The van der Waals surface area contributed by atoms with Crippen LogP contribution in [0.15, 0.2) is 45.3 Å². The van der Waals surface area contributed by atoms with Crippen LogP contribution in [-0.2, 0) is 11.3 Å². The number of carbonyl (C=O) groups is 1. The quantitative estimate of drug-likeness (QED) is 0.703. The predicted octanol–water partition coefficient (Wildman–Crippen LogP) is 2.14. The summed E-state index contributed by atoms with van der Waals surface area (Å²) < 4.78 is 8.04. The minimum absolute atomic E-state index is 0.00968. The molecule has 0 aliphatic heterocycles. The molecule has 0 saturated carbocycles. The first-order chi connectivity index (χ1) is 13.0. The Morgan fingerprint density at radius 3 is 2.78 bits per heavy atom. The van der Waals surface area contributed by atoms with Crippen LogP contribution in [0.25, 0.3) is 15.9 Å². The molecule has 1 N–H and O–H groups in total. The van der Waals surface area contributed by atoms with Crippen molar-refractivity contribution in [1.82, 2.24) is 14.5 Å². The van der Waals surface area contributed by atoms with Crippen LogP contribution in [0.4, 0.5) is 0 Å². The molecule has 7 nitrogen and oxygen atoms in total. The molecule has 0 radical (unpaired) electrons. The van der Waals surface area contributed by atoms with E-state index in [0.717, 1.165) is 11.0 Å². The number of ether oxygens (including phenoxy) is 1. The Kier molecular flexibility index (Phi) is 5.46. The highest BCUT2D eigenvalue weighted by molar-refractivity contribution is 7.17. The van der Waals surface area contributed by atoms with Crippen LogP contribution in [0.5, 0.6) is 5.75 Å². The topological polar surface area (TPSA) is 82.3 Å². The van der Waals surface area contributed by atoms with E-state index in [4.69, 9.17) is 4.74 Å². The summed E-state index contributed by atoms with van der Waals surface area (Å²) in [7, 11) is 1.52. The number of nitrogens with zero attached hydrogens (tertiary/aromatic N) is 2. The number of rotatable bonds is 6. The maximum absolute atomic E-state index is 13.1. The summed E-state index contributed by atoms with van der Waals surface area (Å²) >= 11 is 1.25. The average molecular weight is 387 g/mol. The van der Waals surface area contributed by atoms with E-state index in [0.29, 0.717) is 21.7 Å². The molecule has 1 unspecified atom stereocenters. The van der Waals surface area contributed by atoms with Gasteiger partial charge >= 0.3 is 5.69 Å². The Morgan fingerprint density at radius 2 is 2.07 bits per heavy atom. The van der Waals surface area contributed by atoms with Crippen molar-refractivity contribution < 1.29 is 9.53 Å². The summed E-state index contributed by atoms with van der Waals surface area (Å²) in [5, 5.41) is 4.59. The van der Waals surface area contributed by atoms with Gasteiger partial charge in [0.15, 0.2) is 0 Å². The largest absolute Gasteiger partial charge is 0.497 e. The molecule has 0 bridgehead atoms. The number of hydrogen-bond donors (Lipinski definition) is 1. The molecular weight excluding hydrogens is 366 g/mol. The van der Waals surface area contributed by atoms with Crippen molar-refractivity contribution in [3.8, 4) is 11.4 Å². The molecule has 2 heterocycles.